The van der Waals surface area contributed by atoms with E-state index in [-0.39, 0.29) is 17.6 Å². The van der Waals surface area contributed by atoms with Crippen LogP contribution >= 0.6 is 0 Å². The van der Waals surface area contributed by atoms with Gasteiger partial charge in [0.15, 0.2) is 0 Å². The van der Waals surface area contributed by atoms with E-state index in [9.17, 15) is 9.18 Å². The molecule has 1 aliphatic rings. The largest absolute Gasteiger partial charge is 0.322 e. The van der Waals surface area contributed by atoms with E-state index in [1.165, 1.54) is 6.07 Å². The Labute approximate surface area is 119 Å². The summed E-state index contributed by atoms with van der Waals surface area (Å²) in [6.45, 7) is 8.77. The average Bonchev–Trinajstić information content (AvgIpc) is 2.49. The lowest BCUT2D eigenvalue weighted by Gasteiger charge is -2.36. The molecule has 1 atom stereocenters. The number of nitrogens with one attached hydrogen (secondary N) is 1. The Balaban J connectivity index is 1.91. The number of carbonyl (C=O) groups is 1. The number of anilines is 1. The number of carbonyl (C=O) groups excluding carboxylic acids is 1. The molecule has 20 heavy (non-hydrogen) atoms. The van der Waals surface area contributed by atoms with Crippen LogP contribution in [0.3, 0.4) is 0 Å². The Morgan fingerprint density at radius 3 is 2.55 bits per heavy atom. The molecule has 5 heteroatoms. The van der Waals surface area contributed by atoms with Gasteiger partial charge < -0.3 is 10.2 Å². The SMILES string of the molecule is CCN1CCN([C@H](C)C(=O)Nc2ccccc2F)CC1. The van der Waals surface area contributed by atoms with Gasteiger partial charge >= 0.3 is 0 Å². The quantitative estimate of drug-likeness (QED) is 0.912. The van der Waals surface area contributed by atoms with Gasteiger partial charge in [0.2, 0.25) is 5.91 Å². The molecule has 1 N–H and O–H groups in total. The molecule has 1 aromatic carbocycles. The van der Waals surface area contributed by atoms with Crippen molar-refractivity contribution in [2.45, 2.75) is 19.9 Å². The second-order valence-corrected chi connectivity index (χ2v) is 5.12. The van der Waals surface area contributed by atoms with Crippen molar-refractivity contribution in [3.05, 3.63) is 30.1 Å². The average molecular weight is 279 g/mol. The van der Waals surface area contributed by atoms with Crippen LogP contribution in [0.4, 0.5) is 10.1 Å². The summed E-state index contributed by atoms with van der Waals surface area (Å²) in [6, 6.07) is 6.01. The molecule has 0 spiro atoms. The minimum Gasteiger partial charge on any atom is -0.322 e. The van der Waals surface area contributed by atoms with Gasteiger partial charge in [-0.25, -0.2) is 4.39 Å². The number of para-hydroxylation sites is 1. The molecule has 1 heterocycles. The van der Waals surface area contributed by atoms with E-state index in [1.807, 2.05) is 6.92 Å². The number of hydrogen-bond acceptors (Lipinski definition) is 3. The summed E-state index contributed by atoms with van der Waals surface area (Å²) in [5.74, 6) is -0.552. The van der Waals surface area contributed by atoms with E-state index >= 15 is 0 Å². The Bertz CT molecular complexity index is 458. The van der Waals surface area contributed by atoms with Crippen LogP contribution in [0, 0.1) is 5.82 Å². The fourth-order valence-electron chi connectivity index (χ4n) is 2.43. The Kier molecular flexibility index (Phi) is 5.09. The molecule has 1 fully saturated rings. The van der Waals surface area contributed by atoms with Gasteiger partial charge in [-0.3, -0.25) is 9.69 Å². The second-order valence-electron chi connectivity index (χ2n) is 5.12. The summed E-state index contributed by atoms with van der Waals surface area (Å²) >= 11 is 0. The van der Waals surface area contributed by atoms with E-state index in [0.29, 0.717) is 0 Å². The fourth-order valence-corrected chi connectivity index (χ4v) is 2.43. The molecule has 2 rings (SSSR count). The highest BCUT2D eigenvalue weighted by Gasteiger charge is 2.25. The van der Waals surface area contributed by atoms with Crippen molar-refractivity contribution in [3.8, 4) is 0 Å². The lowest BCUT2D eigenvalue weighted by atomic mass is 10.2. The van der Waals surface area contributed by atoms with Crippen LogP contribution in [0.15, 0.2) is 24.3 Å². The topological polar surface area (TPSA) is 35.6 Å². The number of amides is 1. The maximum absolute atomic E-state index is 13.5. The zero-order valence-electron chi connectivity index (χ0n) is 12.1. The molecule has 0 bridgehead atoms. The van der Waals surface area contributed by atoms with Crippen molar-refractivity contribution >= 4 is 11.6 Å². The molecule has 1 amide bonds. The van der Waals surface area contributed by atoms with Crippen LogP contribution < -0.4 is 5.32 Å². The third kappa shape index (κ3) is 3.55. The highest BCUT2D eigenvalue weighted by molar-refractivity contribution is 5.94. The Hall–Kier alpha value is -1.46. The summed E-state index contributed by atoms with van der Waals surface area (Å²) in [7, 11) is 0. The van der Waals surface area contributed by atoms with Gasteiger partial charge in [-0.15, -0.1) is 0 Å². The first-order valence-electron chi connectivity index (χ1n) is 7.13. The van der Waals surface area contributed by atoms with Crippen molar-refractivity contribution in [2.24, 2.45) is 0 Å². The maximum Gasteiger partial charge on any atom is 0.241 e. The van der Waals surface area contributed by atoms with Gasteiger partial charge in [0.25, 0.3) is 0 Å². The van der Waals surface area contributed by atoms with Crippen LogP contribution in [0.5, 0.6) is 0 Å². The predicted octanol–water partition coefficient (Wildman–Crippen LogP) is 1.79. The van der Waals surface area contributed by atoms with Crippen molar-refractivity contribution in [3.63, 3.8) is 0 Å². The van der Waals surface area contributed by atoms with Gasteiger partial charge in [0, 0.05) is 26.2 Å². The van der Waals surface area contributed by atoms with Crippen LogP contribution in [-0.2, 0) is 4.79 Å². The van der Waals surface area contributed by atoms with Crippen LogP contribution in [-0.4, -0.2) is 54.5 Å². The molecule has 0 aliphatic carbocycles. The number of rotatable bonds is 4. The molecule has 0 unspecified atom stereocenters. The number of likely N-dealkylation sites (N-methyl/N-ethyl adjacent to an activating group) is 1. The normalized spacial score (nSPS) is 18.8. The van der Waals surface area contributed by atoms with Crippen LogP contribution in [0.1, 0.15) is 13.8 Å². The molecular weight excluding hydrogens is 257 g/mol. The summed E-state index contributed by atoms with van der Waals surface area (Å²) in [5.41, 5.74) is 0.247. The fraction of sp³-hybridized carbons (Fsp3) is 0.533. The molecule has 0 radical (unpaired) electrons. The zero-order valence-corrected chi connectivity index (χ0v) is 12.1. The van der Waals surface area contributed by atoms with Crippen LogP contribution in [0.2, 0.25) is 0 Å². The van der Waals surface area contributed by atoms with Crippen LogP contribution in [0.25, 0.3) is 0 Å². The Morgan fingerprint density at radius 1 is 1.30 bits per heavy atom. The van der Waals surface area contributed by atoms with Crippen molar-refractivity contribution in [1.82, 2.24) is 9.80 Å². The summed E-state index contributed by atoms with van der Waals surface area (Å²) < 4.78 is 13.5. The number of piperazine rings is 1. The summed E-state index contributed by atoms with van der Waals surface area (Å²) in [4.78, 5) is 16.7. The zero-order chi connectivity index (χ0) is 14.5. The number of halogens is 1. The first-order chi connectivity index (χ1) is 9.61. The second kappa shape index (κ2) is 6.81. The molecule has 0 aromatic heterocycles. The molecule has 1 saturated heterocycles. The first kappa shape index (κ1) is 14.9. The summed E-state index contributed by atoms with van der Waals surface area (Å²) in [6.07, 6.45) is 0. The highest BCUT2D eigenvalue weighted by Crippen LogP contribution is 2.14. The van der Waals surface area contributed by atoms with Crippen molar-refractivity contribution in [2.75, 3.05) is 38.0 Å². The third-order valence-electron chi connectivity index (χ3n) is 3.91. The highest BCUT2D eigenvalue weighted by atomic mass is 19.1. The molecule has 4 nitrogen and oxygen atoms in total. The molecular formula is C15H22FN3O. The number of nitrogens with zero attached hydrogens (tertiary/aromatic N) is 2. The van der Waals surface area contributed by atoms with Crippen molar-refractivity contribution < 1.29 is 9.18 Å². The molecule has 110 valence electrons. The number of hydrogen-bond donors (Lipinski definition) is 1. The molecule has 0 saturated carbocycles. The monoisotopic (exact) mass is 279 g/mol. The lowest BCUT2D eigenvalue weighted by Crippen LogP contribution is -2.52. The maximum atomic E-state index is 13.5. The van der Waals surface area contributed by atoms with Gasteiger partial charge in [0.1, 0.15) is 5.82 Å². The lowest BCUT2D eigenvalue weighted by molar-refractivity contribution is -0.121. The third-order valence-corrected chi connectivity index (χ3v) is 3.91. The van der Waals surface area contributed by atoms with Crippen molar-refractivity contribution in [1.29, 1.82) is 0 Å². The smallest absolute Gasteiger partial charge is 0.241 e. The molecule has 1 aliphatic heterocycles. The van der Waals surface area contributed by atoms with E-state index in [2.05, 4.69) is 22.0 Å². The predicted molar refractivity (Wildman–Crippen MR) is 78.2 cm³/mol. The van der Waals surface area contributed by atoms with E-state index in [0.717, 1.165) is 32.7 Å². The van der Waals surface area contributed by atoms with E-state index in [1.54, 1.807) is 18.2 Å². The van der Waals surface area contributed by atoms with E-state index in [4.69, 9.17) is 0 Å². The Morgan fingerprint density at radius 2 is 1.95 bits per heavy atom. The van der Waals surface area contributed by atoms with Gasteiger partial charge in [-0.1, -0.05) is 19.1 Å². The molecule has 1 aromatic rings. The number of benzene rings is 1. The minimum atomic E-state index is -0.399. The standard InChI is InChI=1S/C15H22FN3O/c1-3-18-8-10-19(11-9-18)12(2)15(20)17-14-7-5-4-6-13(14)16/h4-7,12H,3,8-11H2,1-2H3,(H,17,20)/t12-/m1/s1. The van der Waals surface area contributed by atoms with Gasteiger partial charge in [-0.2, -0.15) is 0 Å². The van der Waals surface area contributed by atoms with Gasteiger partial charge in [0.05, 0.1) is 11.7 Å². The summed E-state index contributed by atoms with van der Waals surface area (Å²) in [5, 5.41) is 2.66. The van der Waals surface area contributed by atoms with Gasteiger partial charge in [-0.05, 0) is 25.6 Å². The van der Waals surface area contributed by atoms with E-state index < -0.39 is 5.82 Å². The first-order valence-corrected chi connectivity index (χ1v) is 7.13. The minimum absolute atomic E-state index is 0.153.